The van der Waals surface area contributed by atoms with E-state index in [1.807, 2.05) is 11.8 Å². The number of carbonyl (C=O) groups is 1. The summed E-state index contributed by atoms with van der Waals surface area (Å²) in [7, 11) is 0. The largest absolute Gasteiger partial charge is 0.378 e. The van der Waals surface area contributed by atoms with E-state index in [4.69, 9.17) is 4.74 Å². The molecule has 0 bridgehead atoms. The van der Waals surface area contributed by atoms with Crippen molar-refractivity contribution in [3.05, 3.63) is 0 Å². The SMILES string of the molecule is CCN1CCN(CC2(COC(C)C)CC2)CC1=O. The van der Waals surface area contributed by atoms with Crippen molar-refractivity contribution in [2.45, 2.75) is 39.7 Å². The van der Waals surface area contributed by atoms with Crippen LogP contribution in [0.1, 0.15) is 33.6 Å². The number of likely N-dealkylation sites (N-methyl/N-ethyl adjacent to an activating group) is 1. The monoisotopic (exact) mass is 254 g/mol. The van der Waals surface area contributed by atoms with Crippen molar-refractivity contribution in [2.24, 2.45) is 5.41 Å². The predicted octanol–water partition coefficient (Wildman–Crippen LogP) is 1.36. The highest BCUT2D eigenvalue weighted by Crippen LogP contribution is 2.46. The van der Waals surface area contributed by atoms with Crippen molar-refractivity contribution in [3.8, 4) is 0 Å². The van der Waals surface area contributed by atoms with Gasteiger partial charge in [-0.05, 0) is 33.6 Å². The Kier molecular flexibility index (Phi) is 4.28. The maximum Gasteiger partial charge on any atom is 0.236 e. The van der Waals surface area contributed by atoms with Crippen LogP contribution < -0.4 is 0 Å². The number of hydrogen-bond donors (Lipinski definition) is 0. The first-order valence-electron chi connectivity index (χ1n) is 7.16. The third kappa shape index (κ3) is 3.45. The molecule has 0 atom stereocenters. The summed E-state index contributed by atoms with van der Waals surface area (Å²) in [5.41, 5.74) is 0.346. The van der Waals surface area contributed by atoms with Crippen LogP contribution in [0, 0.1) is 5.41 Å². The Labute approximate surface area is 110 Å². The topological polar surface area (TPSA) is 32.8 Å². The van der Waals surface area contributed by atoms with E-state index in [1.165, 1.54) is 12.8 Å². The van der Waals surface area contributed by atoms with E-state index in [9.17, 15) is 4.79 Å². The van der Waals surface area contributed by atoms with Gasteiger partial charge in [0.1, 0.15) is 0 Å². The van der Waals surface area contributed by atoms with Crippen LogP contribution in [-0.2, 0) is 9.53 Å². The Morgan fingerprint density at radius 1 is 1.33 bits per heavy atom. The molecular formula is C14H26N2O2. The molecule has 0 radical (unpaired) electrons. The zero-order chi connectivity index (χ0) is 13.2. The van der Waals surface area contributed by atoms with Gasteiger partial charge in [0.15, 0.2) is 0 Å². The van der Waals surface area contributed by atoms with Crippen LogP contribution in [0.4, 0.5) is 0 Å². The second-order valence-electron chi connectivity index (χ2n) is 6.04. The normalized spacial score (nSPS) is 23.8. The molecule has 2 fully saturated rings. The third-order valence-electron chi connectivity index (χ3n) is 4.02. The molecule has 0 N–H and O–H groups in total. The molecule has 1 saturated heterocycles. The van der Waals surface area contributed by atoms with Crippen LogP contribution >= 0.6 is 0 Å². The molecule has 1 aliphatic carbocycles. The second-order valence-corrected chi connectivity index (χ2v) is 6.04. The highest BCUT2D eigenvalue weighted by Gasteiger charge is 2.45. The van der Waals surface area contributed by atoms with E-state index in [0.29, 0.717) is 18.1 Å². The lowest BCUT2D eigenvalue weighted by molar-refractivity contribution is -0.136. The Balaban J connectivity index is 1.78. The molecule has 0 spiro atoms. The predicted molar refractivity (Wildman–Crippen MR) is 71.4 cm³/mol. The number of hydrogen-bond acceptors (Lipinski definition) is 3. The minimum atomic E-state index is 0.282. The Morgan fingerprint density at radius 2 is 2.06 bits per heavy atom. The summed E-state index contributed by atoms with van der Waals surface area (Å²) in [6.45, 7) is 11.4. The molecule has 104 valence electrons. The summed E-state index contributed by atoms with van der Waals surface area (Å²) >= 11 is 0. The summed E-state index contributed by atoms with van der Waals surface area (Å²) in [5.74, 6) is 0.282. The highest BCUT2D eigenvalue weighted by molar-refractivity contribution is 5.78. The minimum absolute atomic E-state index is 0.282. The second kappa shape index (κ2) is 5.57. The first-order valence-corrected chi connectivity index (χ1v) is 7.16. The lowest BCUT2D eigenvalue weighted by atomic mass is 10.1. The zero-order valence-corrected chi connectivity index (χ0v) is 11.9. The molecule has 0 unspecified atom stereocenters. The number of ether oxygens (including phenoxy) is 1. The Bertz CT molecular complexity index is 300. The van der Waals surface area contributed by atoms with Gasteiger partial charge >= 0.3 is 0 Å². The van der Waals surface area contributed by atoms with Gasteiger partial charge in [-0.3, -0.25) is 9.69 Å². The molecule has 0 aromatic carbocycles. The van der Waals surface area contributed by atoms with E-state index < -0.39 is 0 Å². The molecule has 4 nitrogen and oxygen atoms in total. The van der Waals surface area contributed by atoms with E-state index in [2.05, 4.69) is 18.7 Å². The molecule has 18 heavy (non-hydrogen) atoms. The molecule has 1 heterocycles. The van der Waals surface area contributed by atoms with Crippen molar-refractivity contribution >= 4 is 5.91 Å². The Hall–Kier alpha value is -0.610. The molecule has 0 aromatic heterocycles. The number of amides is 1. The van der Waals surface area contributed by atoms with Crippen LogP contribution in [0.5, 0.6) is 0 Å². The smallest absolute Gasteiger partial charge is 0.236 e. The van der Waals surface area contributed by atoms with E-state index in [0.717, 1.165) is 32.8 Å². The van der Waals surface area contributed by atoms with Gasteiger partial charge in [-0.15, -0.1) is 0 Å². The van der Waals surface area contributed by atoms with Crippen LogP contribution in [0.3, 0.4) is 0 Å². The first-order chi connectivity index (χ1) is 8.54. The van der Waals surface area contributed by atoms with Gasteiger partial charge in [-0.25, -0.2) is 0 Å². The maximum atomic E-state index is 11.9. The van der Waals surface area contributed by atoms with Gasteiger partial charge in [-0.1, -0.05) is 0 Å². The minimum Gasteiger partial charge on any atom is -0.378 e. The summed E-state index contributed by atoms with van der Waals surface area (Å²) in [6, 6.07) is 0. The van der Waals surface area contributed by atoms with Crippen molar-refractivity contribution < 1.29 is 9.53 Å². The molecular weight excluding hydrogens is 228 g/mol. The fourth-order valence-corrected chi connectivity index (χ4v) is 2.57. The van der Waals surface area contributed by atoms with Gasteiger partial charge in [0.05, 0.1) is 19.3 Å². The van der Waals surface area contributed by atoms with Crippen molar-refractivity contribution in [1.29, 1.82) is 0 Å². The molecule has 1 saturated carbocycles. The maximum absolute atomic E-state index is 11.9. The summed E-state index contributed by atoms with van der Waals surface area (Å²) in [5, 5.41) is 0. The van der Waals surface area contributed by atoms with Crippen LogP contribution in [0.25, 0.3) is 0 Å². The molecule has 2 aliphatic rings. The zero-order valence-electron chi connectivity index (χ0n) is 11.9. The lowest BCUT2D eigenvalue weighted by Crippen LogP contribution is -2.51. The molecule has 1 aliphatic heterocycles. The van der Waals surface area contributed by atoms with Crippen LogP contribution in [0.15, 0.2) is 0 Å². The summed E-state index contributed by atoms with van der Waals surface area (Å²) < 4.78 is 5.76. The third-order valence-corrected chi connectivity index (χ3v) is 4.02. The highest BCUT2D eigenvalue weighted by atomic mass is 16.5. The molecule has 1 amide bonds. The number of rotatable bonds is 6. The van der Waals surface area contributed by atoms with Crippen LogP contribution in [-0.4, -0.2) is 61.1 Å². The van der Waals surface area contributed by atoms with E-state index >= 15 is 0 Å². The quantitative estimate of drug-likeness (QED) is 0.717. The summed E-state index contributed by atoms with van der Waals surface area (Å²) in [4.78, 5) is 16.1. The first kappa shape index (κ1) is 13.8. The number of carbonyl (C=O) groups excluding carboxylic acids is 1. The van der Waals surface area contributed by atoms with Gasteiger partial charge in [-0.2, -0.15) is 0 Å². The van der Waals surface area contributed by atoms with Crippen molar-refractivity contribution in [3.63, 3.8) is 0 Å². The molecule has 4 heteroatoms. The van der Waals surface area contributed by atoms with Crippen molar-refractivity contribution in [2.75, 3.05) is 39.3 Å². The van der Waals surface area contributed by atoms with Crippen LogP contribution in [0.2, 0.25) is 0 Å². The average molecular weight is 254 g/mol. The lowest BCUT2D eigenvalue weighted by Gasteiger charge is -2.35. The fraction of sp³-hybridized carbons (Fsp3) is 0.929. The fourth-order valence-electron chi connectivity index (χ4n) is 2.57. The standard InChI is InChI=1S/C14H26N2O2/c1-4-16-8-7-15(9-13(16)17)10-14(5-6-14)11-18-12(2)3/h12H,4-11H2,1-3H3. The summed E-state index contributed by atoms with van der Waals surface area (Å²) in [6.07, 6.45) is 2.81. The molecule has 2 rings (SSSR count). The van der Waals surface area contributed by atoms with E-state index in [-0.39, 0.29) is 5.91 Å². The van der Waals surface area contributed by atoms with E-state index in [1.54, 1.807) is 0 Å². The van der Waals surface area contributed by atoms with Gasteiger partial charge in [0.2, 0.25) is 5.91 Å². The number of nitrogens with zero attached hydrogens (tertiary/aromatic N) is 2. The molecule has 0 aromatic rings. The van der Waals surface area contributed by atoms with Gasteiger partial charge < -0.3 is 9.64 Å². The van der Waals surface area contributed by atoms with Gasteiger partial charge in [0.25, 0.3) is 0 Å². The van der Waals surface area contributed by atoms with Crippen molar-refractivity contribution in [1.82, 2.24) is 9.80 Å². The number of piperazine rings is 1. The van der Waals surface area contributed by atoms with Gasteiger partial charge in [0, 0.05) is 31.6 Å². The average Bonchev–Trinajstić information content (AvgIpc) is 3.07. The Morgan fingerprint density at radius 3 is 2.56 bits per heavy atom.